The number of anilines is 1. The molecule has 0 atom stereocenters. The van der Waals surface area contributed by atoms with E-state index in [9.17, 15) is 0 Å². The Hall–Kier alpha value is -1.73. The maximum Gasteiger partial charge on any atom is 0.175 e. The van der Waals surface area contributed by atoms with Crippen molar-refractivity contribution in [1.29, 1.82) is 0 Å². The number of aromatic nitrogens is 4. The van der Waals surface area contributed by atoms with Gasteiger partial charge in [-0.05, 0) is 20.3 Å². The van der Waals surface area contributed by atoms with Gasteiger partial charge in [0, 0.05) is 19.8 Å². The molecule has 7 heteroatoms. The Balaban J connectivity index is 2.10. The van der Waals surface area contributed by atoms with Gasteiger partial charge in [0.1, 0.15) is 11.8 Å². The molecule has 2 heterocycles. The van der Waals surface area contributed by atoms with E-state index in [1.807, 2.05) is 18.4 Å². The van der Waals surface area contributed by atoms with Crippen LogP contribution in [-0.2, 0) is 16.0 Å². The Kier molecular flexibility index (Phi) is 7.22. The molecule has 0 aliphatic rings. The Bertz CT molecular complexity index is 581. The number of fused-ring (bicyclic) bond motifs is 1. The monoisotopic (exact) mass is 321 g/mol. The molecule has 0 aromatic carbocycles. The first-order chi connectivity index (χ1) is 11.3. The van der Waals surface area contributed by atoms with Gasteiger partial charge >= 0.3 is 0 Å². The predicted octanol–water partition coefficient (Wildman–Crippen LogP) is 2.83. The van der Waals surface area contributed by atoms with Crippen molar-refractivity contribution in [2.75, 3.05) is 25.1 Å². The van der Waals surface area contributed by atoms with Gasteiger partial charge in [0.25, 0.3) is 0 Å². The van der Waals surface area contributed by atoms with E-state index >= 15 is 0 Å². The molecule has 128 valence electrons. The van der Waals surface area contributed by atoms with Crippen LogP contribution in [0.15, 0.2) is 12.7 Å². The van der Waals surface area contributed by atoms with E-state index in [1.165, 1.54) is 12.8 Å². The molecule has 23 heavy (non-hydrogen) atoms. The molecule has 2 aromatic rings. The predicted molar refractivity (Wildman–Crippen MR) is 90.4 cm³/mol. The summed E-state index contributed by atoms with van der Waals surface area (Å²) >= 11 is 0. The summed E-state index contributed by atoms with van der Waals surface area (Å²) in [5.41, 5.74) is 1.58. The lowest BCUT2D eigenvalue weighted by atomic mass is 10.2. The Labute approximate surface area is 137 Å². The maximum atomic E-state index is 5.60. The molecule has 0 bridgehead atoms. The second kappa shape index (κ2) is 9.42. The molecule has 0 unspecified atom stereocenters. The summed E-state index contributed by atoms with van der Waals surface area (Å²) in [6.45, 7) is 8.78. The average molecular weight is 321 g/mol. The average Bonchev–Trinajstić information content (AvgIpc) is 2.96. The Morgan fingerprint density at radius 2 is 1.87 bits per heavy atom. The lowest BCUT2D eigenvalue weighted by Gasteiger charge is -2.17. The fraction of sp³-hybridized carbons (Fsp3) is 0.688. The van der Waals surface area contributed by atoms with Crippen LogP contribution in [0.5, 0.6) is 0 Å². The van der Waals surface area contributed by atoms with Crippen LogP contribution in [0.25, 0.3) is 11.2 Å². The zero-order valence-electron chi connectivity index (χ0n) is 14.3. The van der Waals surface area contributed by atoms with Gasteiger partial charge in [0.15, 0.2) is 17.8 Å². The first-order valence-corrected chi connectivity index (χ1v) is 8.43. The number of hydrogen-bond donors (Lipinski definition) is 1. The highest BCUT2D eigenvalue weighted by Gasteiger charge is 2.14. The SMILES string of the molecule is CCCCCNc1ncnc2c1ncn2CC(OCC)OCC. The second-order valence-electron chi connectivity index (χ2n) is 5.27. The summed E-state index contributed by atoms with van der Waals surface area (Å²) in [7, 11) is 0. The zero-order chi connectivity index (χ0) is 16.5. The van der Waals surface area contributed by atoms with E-state index in [1.54, 1.807) is 12.7 Å². The Morgan fingerprint density at radius 1 is 1.09 bits per heavy atom. The van der Waals surface area contributed by atoms with Crippen LogP contribution < -0.4 is 5.32 Å². The van der Waals surface area contributed by atoms with Crippen molar-refractivity contribution in [2.24, 2.45) is 0 Å². The lowest BCUT2D eigenvalue weighted by Crippen LogP contribution is -2.23. The minimum atomic E-state index is -0.293. The molecule has 2 aromatic heterocycles. The molecule has 7 nitrogen and oxygen atoms in total. The molecule has 0 saturated carbocycles. The molecule has 0 aliphatic carbocycles. The molecular formula is C16H27N5O2. The smallest absolute Gasteiger partial charge is 0.175 e. The summed E-state index contributed by atoms with van der Waals surface area (Å²) < 4.78 is 13.1. The quantitative estimate of drug-likeness (QED) is 0.507. The number of imidazole rings is 1. The second-order valence-corrected chi connectivity index (χ2v) is 5.27. The molecule has 0 amide bonds. The zero-order valence-corrected chi connectivity index (χ0v) is 14.3. The van der Waals surface area contributed by atoms with Crippen LogP contribution in [-0.4, -0.2) is 45.6 Å². The van der Waals surface area contributed by atoms with Crippen molar-refractivity contribution in [3.05, 3.63) is 12.7 Å². The van der Waals surface area contributed by atoms with E-state index in [-0.39, 0.29) is 6.29 Å². The molecule has 1 N–H and O–H groups in total. The van der Waals surface area contributed by atoms with Gasteiger partial charge in [0.05, 0.1) is 12.9 Å². The van der Waals surface area contributed by atoms with E-state index in [0.717, 1.165) is 29.9 Å². The lowest BCUT2D eigenvalue weighted by molar-refractivity contribution is -0.143. The van der Waals surface area contributed by atoms with Crippen LogP contribution in [0, 0.1) is 0 Å². The van der Waals surface area contributed by atoms with Crippen LogP contribution in [0.3, 0.4) is 0 Å². The highest BCUT2D eigenvalue weighted by molar-refractivity contribution is 5.82. The van der Waals surface area contributed by atoms with Crippen molar-refractivity contribution in [2.45, 2.75) is 52.9 Å². The number of nitrogens with zero attached hydrogens (tertiary/aromatic N) is 4. The van der Waals surface area contributed by atoms with Gasteiger partial charge in [-0.3, -0.25) is 0 Å². The number of rotatable bonds is 11. The van der Waals surface area contributed by atoms with E-state index in [0.29, 0.717) is 19.8 Å². The van der Waals surface area contributed by atoms with Gasteiger partial charge < -0.3 is 19.4 Å². The van der Waals surface area contributed by atoms with Crippen molar-refractivity contribution >= 4 is 17.0 Å². The van der Waals surface area contributed by atoms with E-state index in [2.05, 4.69) is 27.2 Å². The van der Waals surface area contributed by atoms with Crippen LogP contribution >= 0.6 is 0 Å². The van der Waals surface area contributed by atoms with Gasteiger partial charge in [-0.2, -0.15) is 0 Å². The highest BCUT2D eigenvalue weighted by atomic mass is 16.7. The minimum Gasteiger partial charge on any atom is -0.368 e. The largest absolute Gasteiger partial charge is 0.368 e. The maximum absolute atomic E-state index is 5.60. The third kappa shape index (κ3) is 4.87. The first kappa shape index (κ1) is 17.6. The van der Waals surface area contributed by atoms with E-state index in [4.69, 9.17) is 9.47 Å². The van der Waals surface area contributed by atoms with Crippen LogP contribution in [0.1, 0.15) is 40.0 Å². The van der Waals surface area contributed by atoms with Crippen LogP contribution in [0.2, 0.25) is 0 Å². The number of ether oxygens (including phenoxy) is 2. The molecule has 2 rings (SSSR count). The molecule has 0 saturated heterocycles. The third-order valence-electron chi connectivity index (χ3n) is 3.52. The normalized spacial score (nSPS) is 11.5. The highest BCUT2D eigenvalue weighted by Crippen LogP contribution is 2.18. The summed E-state index contributed by atoms with van der Waals surface area (Å²) in [6.07, 6.45) is 6.57. The Morgan fingerprint density at radius 3 is 2.57 bits per heavy atom. The van der Waals surface area contributed by atoms with E-state index < -0.39 is 0 Å². The van der Waals surface area contributed by atoms with Gasteiger partial charge in [-0.15, -0.1) is 0 Å². The molecular weight excluding hydrogens is 294 g/mol. The van der Waals surface area contributed by atoms with Crippen LogP contribution in [0.4, 0.5) is 5.82 Å². The number of nitrogens with one attached hydrogen (secondary N) is 1. The van der Waals surface area contributed by atoms with Crippen molar-refractivity contribution in [3.8, 4) is 0 Å². The van der Waals surface area contributed by atoms with Crippen molar-refractivity contribution < 1.29 is 9.47 Å². The van der Waals surface area contributed by atoms with Gasteiger partial charge in [-0.25, -0.2) is 15.0 Å². The molecule has 0 radical (unpaired) electrons. The van der Waals surface area contributed by atoms with Gasteiger partial charge in [0.2, 0.25) is 0 Å². The summed E-state index contributed by atoms with van der Waals surface area (Å²) in [4.78, 5) is 13.1. The number of unbranched alkanes of at least 4 members (excludes halogenated alkanes) is 2. The first-order valence-electron chi connectivity index (χ1n) is 8.43. The molecule has 0 aliphatic heterocycles. The fourth-order valence-electron chi connectivity index (χ4n) is 2.41. The standard InChI is InChI=1S/C16H27N5O2/c1-4-7-8-9-17-15-14-16(19-11-18-15)21(12-20-14)10-13(22-5-2)23-6-3/h11-13H,4-10H2,1-3H3,(H,17,18,19). The summed E-state index contributed by atoms with van der Waals surface area (Å²) in [6, 6.07) is 0. The summed E-state index contributed by atoms with van der Waals surface area (Å²) in [5, 5.41) is 3.35. The fourth-order valence-corrected chi connectivity index (χ4v) is 2.41. The topological polar surface area (TPSA) is 74.1 Å². The minimum absolute atomic E-state index is 0.293. The summed E-state index contributed by atoms with van der Waals surface area (Å²) in [5.74, 6) is 0.786. The van der Waals surface area contributed by atoms with Crippen molar-refractivity contribution in [3.63, 3.8) is 0 Å². The molecule has 0 spiro atoms. The number of hydrogen-bond acceptors (Lipinski definition) is 6. The van der Waals surface area contributed by atoms with Gasteiger partial charge in [-0.1, -0.05) is 19.8 Å². The molecule has 0 fully saturated rings. The third-order valence-corrected chi connectivity index (χ3v) is 3.52. The van der Waals surface area contributed by atoms with Crippen molar-refractivity contribution in [1.82, 2.24) is 19.5 Å².